The van der Waals surface area contributed by atoms with E-state index in [2.05, 4.69) is 21.0 Å². The fraction of sp³-hybridized carbons (Fsp3) is 0.300. The standard InChI is InChI=1S/C10H11BrClN3S/c1-2-15-9(7(12)5-14-15)8(13)10-6(11)3-4-16-10/h3-5,8H,2,13H2,1H3. The molecular weight excluding hydrogens is 310 g/mol. The Labute approximate surface area is 111 Å². The molecule has 0 aliphatic carbocycles. The van der Waals surface area contributed by atoms with E-state index in [1.165, 1.54) is 0 Å². The zero-order chi connectivity index (χ0) is 11.7. The Balaban J connectivity index is 2.44. The topological polar surface area (TPSA) is 43.8 Å². The first kappa shape index (κ1) is 12.1. The minimum atomic E-state index is -0.232. The summed E-state index contributed by atoms with van der Waals surface area (Å²) in [5.41, 5.74) is 7.09. The van der Waals surface area contributed by atoms with Gasteiger partial charge < -0.3 is 5.73 Å². The van der Waals surface area contributed by atoms with Crippen molar-refractivity contribution in [3.8, 4) is 0 Å². The molecule has 0 aromatic carbocycles. The third-order valence-electron chi connectivity index (χ3n) is 2.35. The van der Waals surface area contributed by atoms with Gasteiger partial charge in [-0.2, -0.15) is 5.10 Å². The number of hydrogen-bond donors (Lipinski definition) is 1. The average Bonchev–Trinajstić information content (AvgIpc) is 2.83. The van der Waals surface area contributed by atoms with Crippen LogP contribution in [-0.4, -0.2) is 9.78 Å². The maximum atomic E-state index is 6.22. The van der Waals surface area contributed by atoms with E-state index in [1.54, 1.807) is 17.5 Å². The lowest BCUT2D eigenvalue weighted by Gasteiger charge is -2.13. The van der Waals surface area contributed by atoms with Crippen molar-refractivity contribution in [1.82, 2.24) is 9.78 Å². The van der Waals surface area contributed by atoms with E-state index in [0.29, 0.717) is 5.02 Å². The normalized spacial score (nSPS) is 13.0. The smallest absolute Gasteiger partial charge is 0.0843 e. The Morgan fingerprint density at radius 2 is 2.44 bits per heavy atom. The van der Waals surface area contributed by atoms with E-state index in [9.17, 15) is 0 Å². The summed E-state index contributed by atoms with van der Waals surface area (Å²) in [5, 5.41) is 6.81. The van der Waals surface area contributed by atoms with Crippen LogP contribution in [0, 0.1) is 0 Å². The molecule has 2 rings (SSSR count). The van der Waals surface area contributed by atoms with Gasteiger partial charge in [-0.25, -0.2) is 0 Å². The molecule has 0 radical (unpaired) electrons. The average molecular weight is 321 g/mol. The van der Waals surface area contributed by atoms with Crippen molar-refractivity contribution >= 4 is 38.9 Å². The van der Waals surface area contributed by atoms with Crippen LogP contribution in [0.3, 0.4) is 0 Å². The third-order valence-corrected chi connectivity index (χ3v) is 4.60. The minimum absolute atomic E-state index is 0.232. The Morgan fingerprint density at radius 3 is 3.00 bits per heavy atom. The van der Waals surface area contributed by atoms with Crippen molar-refractivity contribution < 1.29 is 0 Å². The van der Waals surface area contributed by atoms with Gasteiger partial charge in [0.2, 0.25) is 0 Å². The molecule has 3 nitrogen and oxygen atoms in total. The second-order valence-corrected chi connectivity index (χ2v) is 5.51. The maximum Gasteiger partial charge on any atom is 0.0843 e. The van der Waals surface area contributed by atoms with Crippen LogP contribution in [0.2, 0.25) is 5.02 Å². The van der Waals surface area contributed by atoms with Gasteiger partial charge in [0.25, 0.3) is 0 Å². The summed E-state index contributed by atoms with van der Waals surface area (Å²) in [7, 11) is 0. The molecule has 0 saturated carbocycles. The summed E-state index contributed by atoms with van der Waals surface area (Å²) in [4.78, 5) is 1.07. The Bertz CT molecular complexity index is 494. The van der Waals surface area contributed by atoms with Crippen molar-refractivity contribution in [2.24, 2.45) is 5.73 Å². The Kier molecular flexibility index (Phi) is 3.69. The second-order valence-electron chi connectivity index (χ2n) is 3.30. The van der Waals surface area contributed by atoms with Crippen molar-refractivity contribution in [2.45, 2.75) is 19.5 Å². The highest BCUT2D eigenvalue weighted by atomic mass is 79.9. The largest absolute Gasteiger partial charge is 0.318 e. The molecule has 0 spiro atoms. The van der Waals surface area contributed by atoms with Crippen LogP contribution in [0.5, 0.6) is 0 Å². The van der Waals surface area contributed by atoms with Gasteiger partial charge in [0.1, 0.15) is 0 Å². The predicted molar refractivity (Wildman–Crippen MR) is 71.0 cm³/mol. The van der Waals surface area contributed by atoms with E-state index in [0.717, 1.165) is 21.6 Å². The number of nitrogens with zero attached hydrogens (tertiary/aromatic N) is 2. The van der Waals surface area contributed by atoms with Crippen LogP contribution in [0.15, 0.2) is 22.1 Å². The molecule has 6 heteroatoms. The molecule has 1 unspecified atom stereocenters. The first-order valence-electron chi connectivity index (χ1n) is 4.84. The van der Waals surface area contributed by atoms with E-state index in [-0.39, 0.29) is 6.04 Å². The van der Waals surface area contributed by atoms with Gasteiger partial charge in [-0.05, 0) is 34.3 Å². The summed E-state index contributed by atoms with van der Waals surface area (Å²) in [6, 6.07) is 1.75. The summed E-state index contributed by atoms with van der Waals surface area (Å²) in [6.45, 7) is 2.78. The molecule has 1 atom stereocenters. The van der Waals surface area contributed by atoms with Gasteiger partial charge in [-0.1, -0.05) is 11.6 Å². The fourth-order valence-corrected chi connectivity index (χ4v) is 3.47. The lowest BCUT2D eigenvalue weighted by Crippen LogP contribution is -2.16. The molecule has 2 aromatic rings. The molecule has 0 bridgehead atoms. The number of halogens is 2. The van der Waals surface area contributed by atoms with E-state index >= 15 is 0 Å². The number of nitrogens with two attached hydrogens (primary N) is 1. The van der Waals surface area contributed by atoms with Gasteiger partial charge in [-0.15, -0.1) is 11.3 Å². The summed E-state index contributed by atoms with van der Waals surface area (Å²) in [6.07, 6.45) is 1.64. The number of thiophene rings is 1. The van der Waals surface area contributed by atoms with Crippen LogP contribution in [0.1, 0.15) is 23.5 Å². The van der Waals surface area contributed by atoms with Crippen molar-refractivity contribution in [3.05, 3.63) is 37.7 Å². The lowest BCUT2D eigenvalue weighted by atomic mass is 10.2. The molecule has 0 amide bonds. The number of hydrogen-bond acceptors (Lipinski definition) is 3. The lowest BCUT2D eigenvalue weighted by molar-refractivity contribution is 0.603. The molecule has 2 aromatic heterocycles. The Morgan fingerprint density at radius 1 is 1.69 bits per heavy atom. The van der Waals surface area contributed by atoms with E-state index < -0.39 is 0 Å². The highest BCUT2D eigenvalue weighted by Crippen LogP contribution is 2.34. The molecular formula is C10H11BrClN3S. The number of rotatable bonds is 3. The molecule has 86 valence electrons. The van der Waals surface area contributed by atoms with Crippen LogP contribution in [0.25, 0.3) is 0 Å². The van der Waals surface area contributed by atoms with E-state index in [4.69, 9.17) is 17.3 Å². The first-order valence-corrected chi connectivity index (χ1v) is 6.89. The SMILES string of the molecule is CCn1ncc(Cl)c1C(N)c1sccc1Br. The van der Waals surface area contributed by atoms with Gasteiger partial charge in [0, 0.05) is 15.9 Å². The summed E-state index contributed by atoms with van der Waals surface area (Å²) < 4.78 is 2.85. The van der Waals surface area contributed by atoms with Gasteiger partial charge in [0.15, 0.2) is 0 Å². The van der Waals surface area contributed by atoms with Gasteiger partial charge in [-0.3, -0.25) is 4.68 Å². The van der Waals surface area contributed by atoms with Crippen LogP contribution in [-0.2, 0) is 6.54 Å². The Hall–Kier alpha value is -0.360. The predicted octanol–water partition coefficient (Wildman–Crippen LogP) is 3.43. The summed E-state index contributed by atoms with van der Waals surface area (Å²) >= 11 is 11.2. The third kappa shape index (κ3) is 2.05. The molecule has 0 aliphatic rings. The monoisotopic (exact) mass is 319 g/mol. The van der Waals surface area contributed by atoms with E-state index in [1.807, 2.05) is 23.1 Å². The van der Waals surface area contributed by atoms with Crippen LogP contribution >= 0.6 is 38.9 Å². The van der Waals surface area contributed by atoms with Crippen molar-refractivity contribution in [1.29, 1.82) is 0 Å². The highest BCUT2D eigenvalue weighted by molar-refractivity contribution is 9.10. The molecule has 2 N–H and O–H groups in total. The second kappa shape index (κ2) is 4.87. The number of aryl methyl sites for hydroxylation is 1. The molecule has 2 heterocycles. The quantitative estimate of drug-likeness (QED) is 0.941. The zero-order valence-corrected chi connectivity index (χ0v) is 11.8. The van der Waals surface area contributed by atoms with Gasteiger partial charge >= 0.3 is 0 Å². The minimum Gasteiger partial charge on any atom is -0.318 e. The fourth-order valence-electron chi connectivity index (χ4n) is 1.58. The molecule has 16 heavy (non-hydrogen) atoms. The number of aromatic nitrogens is 2. The van der Waals surface area contributed by atoms with Crippen LogP contribution in [0.4, 0.5) is 0 Å². The van der Waals surface area contributed by atoms with Crippen molar-refractivity contribution in [2.75, 3.05) is 0 Å². The van der Waals surface area contributed by atoms with Crippen LogP contribution < -0.4 is 5.73 Å². The first-order chi connectivity index (χ1) is 7.65. The molecule has 0 aliphatic heterocycles. The highest BCUT2D eigenvalue weighted by Gasteiger charge is 2.20. The van der Waals surface area contributed by atoms with Crippen molar-refractivity contribution in [3.63, 3.8) is 0 Å². The zero-order valence-electron chi connectivity index (χ0n) is 8.65. The molecule has 0 saturated heterocycles. The maximum absolute atomic E-state index is 6.22. The molecule has 0 fully saturated rings. The summed E-state index contributed by atoms with van der Waals surface area (Å²) in [5.74, 6) is 0. The van der Waals surface area contributed by atoms with Gasteiger partial charge in [0.05, 0.1) is 23.0 Å².